The summed E-state index contributed by atoms with van der Waals surface area (Å²) in [4.78, 5) is 32.5. The Labute approximate surface area is 165 Å². The molecule has 8 heteroatoms. The lowest BCUT2D eigenvalue weighted by Gasteiger charge is -2.39. The van der Waals surface area contributed by atoms with Gasteiger partial charge in [-0.3, -0.25) is 9.79 Å². The zero-order valence-corrected chi connectivity index (χ0v) is 17.0. The predicted octanol–water partition coefficient (Wildman–Crippen LogP) is 1.43. The van der Waals surface area contributed by atoms with Gasteiger partial charge in [0.15, 0.2) is 5.96 Å². The Balaban J connectivity index is 1.51. The summed E-state index contributed by atoms with van der Waals surface area (Å²) >= 11 is 0. The normalized spacial score (nSPS) is 19.0. The second-order valence-electron chi connectivity index (χ2n) is 8.07. The van der Waals surface area contributed by atoms with E-state index in [1.54, 1.807) is 11.9 Å². The molecule has 2 aliphatic rings. The highest BCUT2D eigenvalue weighted by molar-refractivity contribution is 5.94. The molecule has 2 aliphatic heterocycles. The van der Waals surface area contributed by atoms with E-state index in [0.29, 0.717) is 31.7 Å². The van der Waals surface area contributed by atoms with E-state index in [9.17, 15) is 9.59 Å². The third-order valence-electron chi connectivity index (χ3n) is 4.75. The zero-order valence-electron chi connectivity index (χ0n) is 17.0. The number of nitrogens with zero attached hydrogens (tertiary/aromatic N) is 3. The van der Waals surface area contributed by atoms with Crippen LogP contribution >= 0.6 is 0 Å². The van der Waals surface area contributed by atoms with Crippen LogP contribution < -0.4 is 10.6 Å². The molecule has 1 aromatic rings. The first kappa shape index (κ1) is 20.0. The lowest BCUT2D eigenvalue weighted by molar-refractivity contribution is 0.0137. The van der Waals surface area contributed by atoms with Gasteiger partial charge in [0.05, 0.1) is 12.6 Å². The molecule has 0 radical (unpaired) electrons. The van der Waals surface area contributed by atoms with Gasteiger partial charge in [-0.2, -0.15) is 0 Å². The van der Waals surface area contributed by atoms with Crippen molar-refractivity contribution in [3.63, 3.8) is 0 Å². The van der Waals surface area contributed by atoms with E-state index in [2.05, 4.69) is 20.5 Å². The quantitative estimate of drug-likeness (QED) is 0.819. The van der Waals surface area contributed by atoms with Crippen LogP contribution in [0.5, 0.6) is 0 Å². The summed E-state index contributed by atoms with van der Waals surface area (Å²) < 4.78 is 5.48. The summed E-state index contributed by atoms with van der Waals surface area (Å²) in [6.45, 7) is 8.89. The summed E-state index contributed by atoms with van der Waals surface area (Å²) in [5.74, 6) is 0.773. The highest BCUT2D eigenvalue weighted by Gasteiger charge is 2.36. The topological polar surface area (TPSA) is 86.3 Å². The first-order valence-corrected chi connectivity index (χ1v) is 9.61. The van der Waals surface area contributed by atoms with Crippen LogP contribution in [0.4, 0.5) is 4.79 Å². The Morgan fingerprint density at radius 1 is 1.21 bits per heavy atom. The number of fused-ring (bicyclic) bond motifs is 1. The zero-order chi connectivity index (χ0) is 20.3. The fraction of sp³-hybridized carbons (Fsp3) is 0.550. The minimum Gasteiger partial charge on any atom is -0.444 e. The van der Waals surface area contributed by atoms with Crippen LogP contribution in [0.25, 0.3) is 0 Å². The van der Waals surface area contributed by atoms with Crippen molar-refractivity contribution in [2.45, 2.75) is 39.0 Å². The van der Waals surface area contributed by atoms with Gasteiger partial charge in [-0.15, -0.1) is 0 Å². The van der Waals surface area contributed by atoms with Crippen LogP contribution in [0, 0.1) is 0 Å². The van der Waals surface area contributed by atoms with Crippen LogP contribution in [-0.2, 0) is 11.3 Å². The molecule has 1 aromatic carbocycles. The minimum absolute atomic E-state index is 0.0922. The third-order valence-corrected chi connectivity index (χ3v) is 4.75. The fourth-order valence-corrected chi connectivity index (χ4v) is 3.32. The van der Waals surface area contributed by atoms with Crippen molar-refractivity contribution < 1.29 is 14.3 Å². The molecule has 0 bridgehead atoms. The number of hydrogen-bond donors (Lipinski definition) is 2. The predicted molar refractivity (Wildman–Crippen MR) is 107 cm³/mol. The Morgan fingerprint density at radius 2 is 1.93 bits per heavy atom. The van der Waals surface area contributed by atoms with Gasteiger partial charge in [0.1, 0.15) is 5.60 Å². The number of carbonyl (C=O) groups is 2. The van der Waals surface area contributed by atoms with E-state index in [1.165, 1.54) is 0 Å². The Kier molecular flexibility index (Phi) is 5.76. The molecule has 3 rings (SSSR count). The number of aliphatic imine (C=N–C) groups is 1. The summed E-state index contributed by atoms with van der Waals surface area (Å²) in [6.07, 6.45) is -0.259. The van der Waals surface area contributed by atoms with Crippen LogP contribution in [0.3, 0.4) is 0 Å². The maximum atomic E-state index is 12.3. The highest BCUT2D eigenvalue weighted by Crippen LogP contribution is 2.19. The van der Waals surface area contributed by atoms with Crippen molar-refractivity contribution in [1.29, 1.82) is 0 Å². The number of rotatable bonds is 3. The standard InChI is InChI=1S/C20H29N5O3/c1-20(2,3)28-19(27)24-9-10-25-16(13-24)12-23-18(25)22-11-14-5-7-15(8-6-14)17(26)21-4/h5-8,16H,9-13H2,1-4H3,(H,21,26)(H,22,23). The number of piperazine rings is 1. The van der Waals surface area contributed by atoms with E-state index in [4.69, 9.17) is 4.74 Å². The minimum atomic E-state index is -0.486. The molecule has 8 nitrogen and oxygen atoms in total. The number of carbonyl (C=O) groups excluding carboxylic acids is 2. The second-order valence-corrected chi connectivity index (χ2v) is 8.07. The monoisotopic (exact) mass is 387 g/mol. The SMILES string of the molecule is CNC(=O)c1ccc(CNC2=NCC3CN(C(=O)OC(C)(C)C)CCN23)cc1. The van der Waals surface area contributed by atoms with E-state index < -0.39 is 5.60 Å². The van der Waals surface area contributed by atoms with E-state index >= 15 is 0 Å². The molecular weight excluding hydrogens is 358 g/mol. The van der Waals surface area contributed by atoms with E-state index in [0.717, 1.165) is 18.1 Å². The highest BCUT2D eigenvalue weighted by atomic mass is 16.6. The van der Waals surface area contributed by atoms with Gasteiger partial charge in [0, 0.05) is 38.8 Å². The molecule has 0 aromatic heterocycles. The summed E-state index contributed by atoms with van der Waals surface area (Å²) in [7, 11) is 1.62. The molecule has 1 fully saturated rings. The van der Waals surface area contributed by atoms with Crippen molar-refractivity contribution in [3.05, 3.63) is 35.4 Å². The van der Waals surface area contributed by atoms with Gasteiger partial charge in [0.25, 0.3) is 5.91 Å². The summed E-state index contributed by atoms with van der Waals surface area (Å²) in [5.41, 5.74) is 1.23. The van der Waals surface area contributed by atoms with Gasteiger partial charge in [0.2, 0.25) is 0 Å². The molecular formula is C20H29N5O3. The van der Waals surface area contributed by atoms with Gasteiger partial charge >= 0.3 is 6.09 Å². The van der Waals surface area contributed by atoms with Crippen LogP contribution in [0.2, 0.25) is 0 Å². The molecule has 0 spiro atoms. The maximum absolute atomic E-state index is 12.3. The molecule has 2 N–H and O–H groups in total. The maximum Gasteiger partial charge on any atom is 0.410 e. The molecule has 2 amide bonds. The molecule has 28 heavy (non-hydrogen) atoms. The van der Waals surface area contributed by atoms with Crippen molar-refractivity contribution in [3.8, 4) is 0 Å². The molecule has 152 valence electrons. The molecule has 1 saturated heterocycles. The van der Waals surface area contributed by atoms with E-state index in [1.807, 2.05) is 45.0 Å². The number of benzene rings is 1. The van der Waals surface area contributed by atoms with Crippen molar-refractivity contribution in [2.24, 2.45) is 4.99 Å². The second kappa shape index (κ2) is 8.08. The average Bonchev–Trinajstić information content (AvgIpc) is 3.07. The Hall–Kier alpha value is -2.77. The lowest BCUT2D eigenvalue weighted by Crippen LogP contribution is -2.57. The Bertz CT molecular complexity index is 754. The van der Waals surface area contributed by atoms with Gasteiger partial charge in [-0.05, 0) is 38.5 Å². The number of nitrogens with one attached hydrogen (secondary N) is 2. The number of ether oxygens (including phenoxy) is 1. The van der Waals surface area contributed by atoms with Crippen molar-refractivity contribution in [1.82, 2.24) is 20.4 Å². The van der Waals surface area contributed by atoms with Crippen molar-refractivity contribution in [2.75, 3.05) is 33.2 Å². The molecule has 1 unspecified atom stereocenters. The van der Waals surface area contributed by atoms with Crippen molar-refractivity contribution >= 4 is 18.0 Å². The first-order chi connectivity index (χ1) is 13.3. The number of guanidine groups is 1. The van der Waals surface area contributed by atoms with Crippen LogP contribution in [-0.4, -0.2) is 72.6 Å². The molecule has 0 saturated carbocycles. The van der Waals surface area contributed by atoms with Gasteiger partial charge in [-0.1, -0.05) is 12.1 Å². The van der Waals surface area contributed by atoms with E-state index in [-0.39, 0.29) is 18.0 Å². The molecule has 2 heterocycles. The lowest BCUT2D eigenvalue weighted by atomic mass is 10.1. The first-order valence-electron chi connectivity index (χ1n) is 9.61. The molecule has 1 atom stereocenters. The Morgan fingerprint density at radius 3 is 2.57 bits per heavy atom. The summed E-state index contributed by atoms with van der Waals surface area (Å²) in [6, 6.07) is 7.68. The van der Waals surface area contributed by atoms with Crippen LogP contribution in [0.15, 0.2) is 29.3 Å². The molecule has 0 aliphatic carbocycles. The fourth-order valence-electron chi connectivity index (χ4n) is 3.32. The van der Waals surface area contributed by atoms with Gasteiger partial charge in [-0.25, -0.2) is 4.79 Å². The number of hydrogen-bond acceptors (Lipinski definition) is 6. The summed E-state index contributed by atoms with van der Waals surface area (Å²) in [5, 5.41) is 6.00. The smallest absolute Gasteiger partial charge is 0.410 e. The number of amides is 2. The largest absolute Gasteiger partial charge is 0.444 e. The average molecular weight is 387 g/mol. The third kappa shape index (κ3) is 4.74. The van der Waals surface area contributed by atoms with Crippen LogP contribution in [0.1, 0.15) is 36.7 Å². The van der Waals surface area contributed by atoms with Gasteiger partial charge < -0.3 is 25.2 Å².